The normalized spacial score (nSPS) is 15.1. The SMILES string of the molecule is COc1ccccc1OCC(=O)N1CCC(c2cc3ncccc3[nH]2)CC1. The molecular weight excluding hydrogens is 342 g/mol. The standard InChI is InChI=1S/C21H23N3O3/c1-26-19-6-2-3-7-20(19)27-14-21(25)24-11-8-15(9-12-24)17-13-18-16(23-17)5-4-10-22-18/h2-7,10,13,15,23H,8-9,11-12,14H2,1H3. The zero-order valence-electron chi connectivity index (χ0n) is 15.4. The molecule has 0 spiro atoms. The number of fused-ring (bicyclic) bond motifs is 1. The van der Waals surface area contributed by atoms with Crippen LogP contribution in [0.15, 0.2) is 48.7 Å². The van der Waals surface area contributed by atoms with E-state index in [9.17, 15) is 4.79 Å². The van der Waals surface area contributed by atoms with E-state index in [0.29, 0.717) is 17.4 Å². The summed E-state index contributed by atoms with van der Waals surface area (Å²) in [6.45, 7) is 1.50. The lowest BCUT2D eigenvalue weighted by Crippen LogP contribution is -2.40. The number of likely N-dealkylation sites (tertiary alicyclic amines) is 1. The molecule has 1 fully saturated rings. The van der Waals surface area contributed by atoms with Gasteiger partial charge in [0, 0.05) is 30.9 Å². The lowest BCUT2D eigenvalue weighted by atomic mass is 9.93. The van der Waals surface area contributed by atoms with E-state index in [1.54, 1.807) is 7.11 Å². The van der Waals surface area contributed by atoms with Crippen LogP contribution >= 0.6 is 0 Å². The van der Waals surface area contributed by atoms with E-state index >= 15 is 0 Å². The van der Waals surface area contributed by atoms with Crippen molar-refractivity contribution in [3.8, 4) is 11.5 Å². The van der Waals surface area contributed by atoms with Crippen molar-refractivity contribution in [3.05, 3.63) is 54.4 Å². The first-order chi connectivity index (χ1) is 13.2. The molecule has 140 valence electrons. The molecule has 1 N–H and O–H groups in total. The van der Waals surface area contributed by atoms with Gasteiger partial charge in [-0.2, -0.15) is 0 Å². The van der Waals surface area contributed by atoms with Gasteiger partial charge >= 0.3 is 0 Å². The number of nitrogens with zero attached hydrogens (tertiary/aromatic N) is 2. The molecule has 4 rings (SSSR count). The Labute approximate surface area is 158 Å². The van der Waals surface area contributed by atoms with E-state index < -0.39 is 0 Å². The topological polar surface area (TPSA) is 67.5 Å². The number of aromatic nitrogens is 2. The van der Waals surface area contributed by atoms with Crippen molar-refractivity contribution < 1.29 is 14.3 Å². The first kappa shape index (κ1) is 17.4. The third-order valence-electron chi connectivity index (χ3n) is 5.12. The molecule has 0 atom stereocenters. The van der Waals surface area contributed by atoms with Gasteiger partial charge in [-0.3, -0.25) is 9.78 Å². The Morgan fingerprint density at radius 2 is 1.96 bits per heavy atom. The van der Waals surface area contributed by atoms with E-state index in [1.165, 1.54) is 5.69 Å². The number of hydrogen-bond donors (Lipinski definition) is 1. The maximum Gasteiger partial charge on any atom is 0.260 e. The van der Waals surface area contributed by atoms with Gasteiger partial charge in [-0.1, -0.05) is 12.1 Å². The van der Waals surface area contributed by atoms with E-state index in [2.05, 4.69) is 16.0 Å². The Bertz CT molecular complexity index is 896. The van der Waals surface area contributed by atoms with E-state index in [-0.39, 0.29) is 12.5 Å². The highest BCUT2D eigenvalue weighted by atomic mass is 16.5. The second kappa shape index (κ2) is 7.70. The first-order valence-electron chi connectivity index (χ1n) is 9.22. The highest BCUT2D eigenvalue weighted by Crippen LogP contribution is 2.30. The molecule has 1 aromatic carbocycles. The van der Waals surface area contributed by atoms with Crippen molar-refractivity contribution in [2.45, 2.75) is 18.8 Å². The van der Waals surface area contributed by atoms with E-state index in [4.69, 9.17) is 9.47 Å². The number of methoxy groups -OCH3 is 1. The van der Waals surface area contributed by atoms with Crippen LogP contribution in [-0.2, 0) is 4.79 Å². The van der Waals surface area contributed by atoms with Gasteiger partial charge in [0.15, 0.2) is 18.1 Å². The van der Waals surface area contributed by atoms with Crippen molar-refractivity contribution in [1.82, 2.24) is 14.9 Å². The second-order valence-electron chi connectivity index (χ2n) is 6.76. The molecule has 1 aliphatic heterocycles. The molecule has 1 amide bonds. The third-order valence-corrected chi connectivity index (χ3v) is 5.12. The smallest absolute Gasteiger partial charge is 0.260 e. The van der Waals surface area contributed by atoms with Gasteiger partial charge in [0.25, 0.3) is 5.91 Å². The monoisotopic (exact) mass is 365 g/mol. The van der Waals surface area contributed by atoms with Crippen molar-refractivity contribution in [2.24, 2.45) is 0 Å². The fourth-order valence-electron chi connectivity index (χ4n) is 3.61. The summed E-state index contributed by atoms with van der Waals surface area (Å²) in [5, 5.41) is 0. The first-order valence-corrected chi connectivity index (χ1v) is 9.22. The molecule has 0 saturated carbocycles. The van der Waals surface area contributed by atoms with E-state index in [0.717, 1.165) is 37.0 Å². The van der Waals surface area contributed by atoms with Crippen LogP contribution in [0.25, 0.3) is 11.0 Å². The van der Waals surface area contributed by atoms with Gasteiger partial charge < -0.3 is 19.4 Å². The Morgan fingerprint density at radius 1 is 1.19 bits per heavy atom. The van der Waals surface area contributed by atoms with Crippen LogP contribution in [-0.4, -0.2) is 47.6 Å². The number of H-pyrrole nitrogens is 1. The largest absolute Gasteiger partial charge is 0.493 e. The second-order valence-corrected chi connectivity index (χ2v) is 6.76. The zero-order chi connectivity index (χ0) is 18.6. The molecule has 0 radical (unpaired) electrons. The third kappa shape index (κ3) is 3.74. The number of benzene rings is 1. The average Bonchev–Trinajstić information content (AvgIpc) is 3.16. The number of pyridine rings is 1. The molecule has 1 saturated heterocycles. The van der Waals surface area contributed by atoms with Gasteiger partial charge in [-0.15, -0.1) is 0 Å². The molecule has 3 aromatic rings. The Balaban J connectivity index is 1.32. The van der Waals surface area contributed by atoms with E-state index in [1.807, 2.05) is 47.5 Å². The lowest BCUT2D eigenvalue weighted by molar-refractivity contribution is -0.134. The molecule has 3 heterocycles. The number of aromatic amines is 1. The number of piperidine rings is 1. The molecule has 0 bridgehead atoms. The number of amides is 1. The van der Waals surface area contributed by atoms with Crippen molar-refractivity contribution in [2.75, 3.05) is 26.8 Å². The number of carbonyl (C=O) groups is 1. The summed E-state index contributed by atoms with van der Waals surface area (Å²) in [5.74, 6) is 1.67. The summed E-state index contributed by atoms with van der Waals surface area (Å²) in [7, 11) is 1.59. The van der Waals surface area contributed by atoms with Crippen LogP contribution in [0, 0.1) is 0 Å². The van der Waals surface area contributed by atoms with Gasteiger partial charge in [0.2, 0.25) is 0 Å². The Morgan fingerprint density at radius 3 is 2.70 bits per heavy atom. The number of nitrogens with one attached hydrogen (secondary N) is 1. The summed E-state index contributed by atoms with van der Waals surface area (Å²) >= 11 is 0. The maximum absolute atomic E-state index is 12.5. The molecule has 2 aromatic heterocycles. The van der Waals surface area contributed by atoms with Gasteiger partial charge in [-0.25, -0.2) is 0 Å². The summed E-state index contributed by atoms with van der Waals surface area (Å²) in [4.78, 5) is 22.2. The molecule has 0 aliphatic carbocycles. The summed E-state index contributed by atoms with van der Waals surface area (Å²) < 4.78 is 10.9. The van der Waals surface area contributed by atoms with Crippen LogP contribution in [0.2, 0.25) is 0 Å². The molecule has 1 aliphatic rings. The highest BCUT2D eigenvalue weighted by molar-refractivity contribution is 5.78. The predicted molar refractivity (Wildman–Crippen MR) is 103 cm³/mol. The minimum Gasteiger partial charge on any atom is -0.493 e. The van der Waals surface area contributed by atoms with Crippen LogP contribution in [0.4, 0.5) is 0 Å². The molecule has 6 nitrogen and oxygen atoms in total. The number of ether oxygens (including phenoxy) is 2. The Hall–Kier alpha value is -3.02. The molecule has 6 heteroatoms. The van der Waals surface area contributed by atoms with Crippen LogP contribution in [0.3, 0.4) is 0 Å². The number of rotatable bonds is 5. The van der Waals surface area contributed by atoms with Gasteiger partial charge in [0.05, 0.1) is 18.1 Å². The van der Waals surface area contributed by atoms with Crippen LogP contribution in [0.1, 0.15) is 24.5 Å². The fourth-order valence-corrected chi connectivity index (χ4v) is 3.61. The number of para-hydroxylation sites is 2. The molecule has 27 heavy (non-hydrogen) atoms. The van der Waals surface area contributed by atoms with Crippen LogP contribution < -0.4 is 9.47 Å². The highest BCUT2D eigenvalue weighted by Gasteiger charge is 2.25. The summed E-state index contributed by atoms with van der Waals surface area (Å²) in [6, 6.07) is 13.5. The zero-order valence-corrected chi connectivity index (χ0v) is 15.4. The number of hydrogen-bond acceptors (Lipinski definition) is 4. The van der Waals surface area contributed by atoms with Crippen molar-refractivity contribution in [1.29, 1.82) is 0 Å². The fraction of sp³-hybridized carbons (Fsp3) is 0.333. The van der Waals surface area contributed by atoms with Gasteiger partial charge in [-0.05, 0) is 43.2 Å². The quantitative estimate of drug-likeness (QED) is 0.753. The maximum atomic E-state index is 12.5. The van der Waals surface area contributed by atoms with Crippen LogP contribution in [0.5, 0.6) is 11.5 Å². The summed E-state index contributed by atoms with van der Waals surface area (Å²) in [5.41, 5.74) is 3.27. The minimum atomic E-state index is 0.0117. The number of carbonyl (C=O) groups excluding carboxylic acids is 1. The minimum absolute atomic E-state index is 0.0117. The van der Waals surface area contributed by atoms with Crippen molar-refractivity contribution >= 4 is 16.9 Å². The average molecular weight is 365 g/mol. The predicted octanol–water partition coefficient (Wildman–Crippen LogP) is 3.36. The van der Waals surface area contributed by atoms with Gasteiger partial charge in [0.1, 0.15) is 0 Å². The molecule has 0 unspecified atom stereocenters. The van der Waals surface area contributed by atoms with Crippen molar-refractivity contribution in [3.63, 3.8) is 0 Å². The Kier molecular flexibility index (Phi) is 4.96. The summed E-state index contributed by atoms with van der Waals surface area (Å²) in [6.07, 6.45) is 3.68. The molecular formula is C21H23N3O3. The lowest BCUT2D eigenvalue weighted by Gasteiger charge is -2.31.